The van der Waals surface area contributed by atoms with Crippen LogP contribution in [0.5, 0.6) is 0 Å². The topological polar surface area (TPSA) is 89.0 Å². The third kappa shape index (κ3) is 3.80. The fourth-order valence-electron chi connectivity index (χ4n) is 4.68. The molecule has 2 aliphatic rings. The third-order valence-corrected chi connectivity index (χ3v) is 10.2. The van der Waals surface area contributed by atoms with Crippen LogP contribution in [0.1, 0.15) is 79.8 Å². The lowest BCUT2D eigenvalue weighted by Gasteiger charge is -2.27. The molecule has 8 heteroatoms. The van der Waals surface area contributed by atoms with E-state index in [0.29, 0.717) is 23.9 Å². The zero-order valence-electron chi connectivity index (χ0n) is 17.6. The Hall–Kier alpha value is -1.80. The number of amides is 1. The molecule has 0 bridgehead atoms. The van der Waals surface area contributed by atoms with Gasteiger partial charge >= 0.3 is 0 Å². The van der Waals surface area contributed by atoms with Gasteiger partial charge in [-0.25, -0.2) is 8.42 Å². The van der Waals surface area contributed by atoms with Gasteiger partial charge in [0.1, 0.15) is 5.01 Å². The Kier molecular flexibility index (Phi) is 5.99. The minimum absolute atomic E-state index is 0.225. The van der Waals surface area contributed by atoms with Gasteiger partial charge in [-0.15, -0.1) is 10.2 Å². The van der Waals surface area contributed by atoms with Crippen LogP contribution in [0.25, 0.3) is 0 Å². The highest BCUT2D eigenvalue weighted by molar-refractivity contribution is 7.93. The first-order valence-electron chi connectivity index (χ1n) is 10.8. The molecule has 0 saturated heterocycles. The van der Waals surface area contributed by atoms with Gasteiger partial charge in [0, 0.05) is 5.92 Å². The maximum Gasteiger partial charge on any atom is 0.248 e. The number of sulfone groups is 1. The molecular weight excluding hydrogens is 418 g/mol. The summed E-state index contributed by atoms with van der Waals surface area (Å²) in [6, 6.07) is 5.12. The Morgan fingerprint density at radius 1 is 1.03 bits per heavy atom. The molecule has 4 rings (SSSR count). The van der Waals surface area contributed by atoms with E-state index in [0.717, 1.165) is 41.8 Å². The lowest BCUT2D eigenvalue weighted by atomic mass is 9.90. The molecule has 1 amide bonds. The molecule has 2 fully saturated rings. The summed E-state index contributed by atoms with van der Waals surface area (Å²) in [7, 11) is -3.83. The van der Waals surface area contributed by atoms with Gasteiger partial charge in [0.05, 0.1) is 4.90 Å². The van der Waals surface area contributed by atoms with Crippen molar-refractivity contribution in [3.8, 4) is 0 Å². The average Bonchev–Trinajstić information content (AvgIpc) is 3.41. The van der Waals surface area contributed by atoms with E-state index in [1.54, 1.807) is 12.1 Å². The second kappa shape index (κ2) is 8.38. The van der Waals surface area contributed by atoms with Gasteiger partial charge in [-0.3, -0.25) is 10.1 Å². The molecule has 1 aromatic carbocycles. The molecule has 0 aliphatic heterocycles. The Morgan fingerprint density at radius 2 is 1.73 bits per heavy atom. The predicted octanol–water partition coefficient (Wildman–Crippen LogP) is 4.93. The number of hydrogen-bond donors (Lipinski definition) is 1. The normalized spacial score (nSPS) is 19.7. The van der Waals surface area contributed by atoms with Gasteiger partial charge in [0.2, 0.25) is 11.0 Å². The molecule has 2 aromatic rings. The van der Waals surface area contributed by atoms with Crippen LogP contribution in [0, 0.1) is 13.8 Å². The van der Waals surface area contributed by atoms with Crippen LogP contribution in [-0.4, -0.2) is 29.3 Å². The average molecular weight is 448 g/mol. The number of benzene rings is 1. The van der Waals surface area contributed by atoms with Gasteiger partial charge in [-0.05, 0) is 62.8 Å². The highest BCUT2D eigenvalue weighted by Gasteiger charge is 2.53. The summed E-state index contributed by atoms with van der Waals surface area (Å²) in [5.74, 6) is -0.0637. The van der Waals surface area contributed by atoms with Crippen molar-refractivity contribution in [2.75, 3.05) is 5.32 Å². The standard InChI is InChI=1S/C22H29N3O3S2/c1-15-10-11-18(14-16(15)2)30(27,28)22(12-6-7-13-22)20(26)23-21-25-24-19(29-21)17-8-4-3-5-9-17/h10-11,14,17H,3-9,12-13H2,1-2H3,(H,23,25,26). The van der Waals surface area contributed by atoms with Crippen LogP contribution < -0.4 is 5.32 Å². The van der Waals surface area contributed by atoms with Crippen LogP contribution >= 0.6 is 11.3 Å². The quantitative estimate of drug-likeness (QED) is 0.702. The second-order valence-corrected chi connectivity index (χ2v) is 12.0. The van der Waals surface area contributed by atoms with E-state index in [9.17, 15) is 13.2 Å². The Labute approximate surface area is 182 Å². The summed E-state index contributed by atoms with van der Waals surface area (Å²) in [5.41, 5.74) is 1.94. The van der Waals surface area contributed by atoms with Gasteiger partial charge in [-0.1, -0.05) is 49.5 Å². The lowest BCUT2D eigenvalue weighted by Crippen LogP contribution is -2.47. The first kappa shape index (κ1) is 21.4. The minimum Gasteiger partial charge on any atom is -0.299 e. The monoisotopic (exact) mass is 447 g/mol. The molecule has 1 heterocycles. The number of anilines is 1. The maximum absolute atomic E-state index is 13.6. The SMILES string of the molecule is Cc1ccc(S(=O)(=O)C2(C(=O)Nc3nnc(C4CCCCC4)s3)CCCC2)cc1C. The molecule has 2 saturated carbocycles. The van der Waals surface area contributed by atoms with Crippen molar-refractivity contribution in [3.63, 3.8) is 0 Å². The number of carbonyl (C=O) groups excluding carboxylic acids is 1. The molecule has 2 aliphatic carbocycles. The molecule has 162 valence electrons. The van der Waals surface area contributed by atoms with E-state index in [1.807, 2.05) is 19.9 Å². The summed E-state index contributed by atoms with van der Waals surface area (Å²) >= 11 is 1.39. The minimum atomic E-state index is -3.83. The number of carbonyl (C=O) groups is 1. The van der Waals surface area contributed by atoms with Crippen LogP contribution in [0.4, 0.5) is 5.13 Å². The molecule has 0 radical (unpaired) electrons. The van der Waals surface area contributed by atoms with Gasteiger partial charge in [-0.2, -0.15) is 0 Å². The Morgan fingerprint density at radius 3 is 2.40 bits per heavy atom. The number of nitrogens with one attached hydrogen (secondary N) is 1. The first-order chi connectivity index (χ1) is 14.3. The second-order valence-electron chi connectivity index (χ2n) is 8.69. The summed E-state index contributed by atoms with van der Waals surface area (Å²) in [6.07, 6.45) is 7.98. The van der Waals surface area contributed by atoms with Gasteiger partial charge in [0.15, 0.2) is 14.6 Å². The van der Waals surface area contributed by atoms with Crippen LogP contribution in [-0.2, 0) is 14.6 Å². The van der Waals surface area contributed by atoms with Crippen LogP contribution in [0.2, 0.25) is 0 Å². The van der Waals surface area contributed by atoms with Crippen LogP contribution in [0.3, 0.4) is 0 Å². The number of hydrogen-bond acceptors (Lipinski definition) is 6. The van der Waals surface area contributed by atoms with E-state index in [1.165, 1.54) is 30.6 Å². The summed E-state index contributed by atoms with van der Waals surface area (Å²) < 4.78 is 25.8. The predicted molar refractivity (Wildman–Crippen MR) is 119 cm³/mol. The summed E-state index contributed by atoms with van der Waals surface area (Å²) in [4.78, 5) is 13.6. The summed E-state index contributed by atoms with van der Waals surface area (Å²) in [6.45, 7) is 3.84. The number of aromatic nitrogens is 2. The smallest absolute Gasteiger partial charge is 0.248 e. The number of aryl methyl sites for hydroxylation is 2. The fourth-order valence-corrected chi connectivity index (χ4v) is 7.74. The number of nitrogens with zero attached hydrogens (tertiary/aromatic N) is 2. The maximum atomic E-state index is 13.6. The fraction of sp³-hybridized carbons (Fsp3) is 0.591. The zero-order valence-corrected chi connectivity index (χ0v) is 19.2. The zero-order chi connectivity index (χ0) is 21.4. The van der Waals surface area contributed by atoms with E-state index >= 15 is 0 Å². The molecular formula is C22H29N3O3S2. The van der Waals surface area contributed by atoms with Gasteiger partial charge < -0.3 is 0 Å². The Balaban J connectivity index is 1.60. The largest absolute Gasteiger partial charge is 0.299 e. The molecule has 0 spiro atoms. The first-order valence-corrected chi connectivity index (χ1v) is 13.1. The van der Waals surface area contributed by atoms with Crippen molar-refractivity contribution in [3.05, 3.63) is 34.3 Å². The van der Waals surface area contributed by atoms with E-state index < -0.39 is 20.5 Å². The Bertz CT molecular complexity index is 1030. The molecule has 0 unspecified atom stereocenters. The van der Waals surface area contributed by atoms with Gasteiger partial charge in [0.25, 0.3) is 0 Å². The highest BCUT2D eigenvalue weighted by Crippen LogP contribution is 2.42. The van der Waals surface area contributed by atoms with Crippen molar-refractivity contribution < 1.29 is 13.2 Å². The van der Waals surface area contributed by atoms with Crippen molar-refractivity contribution in [2.45, 2.75) is 87.2 Å². The van der Waals surface area contributed by atoms with E-state index in [-0.39, 0.29) is 4.90 Å². The molecule has 30 heavy (non-hydrogen) atoms. The molecule has 0 atom stereocenters. The lowest BCUT2D eigenvalue weighted by molar-refractivity contribution is -0.118. The molecule has 1 N–H and O–H groups in total. The van der Waals surface area contributed by atoms with E-state index in [2.05, 4.69) is 15.5 Å². The summed E-state index contributed by atoms with van der Waals surface area (Å²) in [5, 5.41) is 12.6. The molecule has 6 nitrogen and oxygen atoms in total. The third-order valence-electron chi connectivity index (χ3n) is 6.74. The van der Waals surface area contributed by atoms with Crippen molar-refractivity contribution in [1.29, 1.82) is 0 Å². The van der Waals surface area contributed by atoms with Crippen molar-refractivity contribution in [2.24, 2.45) is 0 Å². The van der Waals surface area contributed by atoms with E-state index in [4.69, 9.17) is 0 Å². The van der Waals surface area contributed by atoms with Crippen molar-refractivity contribution >= 4 is 32.2 Å². The molecule has 1 aromatic heterocycles. The number of rotatable bonds is 5. The van der Waals surface area contributed by atoms with Crippen molar-refractivity contribution in [1.82, 2.24) is 10.2 Å². The van der Waals surface area contributed by atoms with Crippen LogP contribution in [0.15, 0.2) is 23.1 Å². The highest BCUT2D eigenvalue weighted by atomic mass is 32.2.